The smallest absolute Gasteiger partial charge is 0.163 e. The first-order valence-electron chi connectivity index (χ1n) is 8.63. The molecule has 7 nitrogen and oxygen atoms in total. The monoisotopic (exact) mass is 379 g/mol. The number of hydrogen-bond donors (Lipinski definition) is 1. The van der Waals surface area contributed by atoms with Crippen LogP contribution >= 0.6 is 0 Å². The van der Waals surface area contributed by atoms with Crippen LogP contribution in [0.2, 0.25) is 0 Å². The molecule has 0 aliphatic carbocycles. The molecule has 0 amide bonds. The van der Waals surface area contributed by atoms with Crippen molar-refractivity contribution in [3.8, 4) is 22.9 Å². The van der Waals surface area contributed by atoms with Crippen LogP contribution in [0, 0.1) is 0 Å². The number of carboxylic acid groups (broad SMARTS) is 1. The molecule has 0 saturated carbocycles. The van der Waals surface area contributed by atoms with E-state index in [1.807, 2.05) is 24.3 Å². The van der Waals surface area contributed by atoms with Crippen LogP contribution in [-0.2, 0) is 17.8 Å². The van der Waals surface area contributed by atoms with Gasteiger partial charge in [0, 0.05) is 12.6 Å². The summed E-state index contributed by atoms with van der Waals surface area (Å²) >= 11 is 0. The van der Waals surface area contributed by atoms with Gasteiger partial charge in [0.2, 0.25) is 0 Å². The lowest BCUT2D eigenvalue weighted by Crippen LogP contribution is -2.36. The van der Waals surface area contributed by atoms with Crippen molar-refractivity contribution in [1.82, 2.24) is 9.97 Å². The average Bonchev–Trinajstić information content (AvgIpc) is 2.73. The Morgan fingerprint density at radius 3 is 2.57 bits per heavy atom. The van der Waals surface area contributed by atoms with Crippen LogP contribution in [0.15, 0.2) is 60.8 Å². The van der Waals surface area contributed by atoms with Crippen molar-refractivity contribution in [2.75, 3.05) is 7.11 Å². The molecular formula is C21H19N2O5-. The molecule has 1 N–H and O–H groups in total. The van der Waals surface area contributed by atoms with E-state index in [9.17, 15) is 15.0 Å². The van der Waals surface area contributed by atoms with Gasteiger partial charge in [-0.15, -0.1) is 0 Å². The lowest BCUT2D eigenvalue weighted by atomic mass is 10.1. The van der Waals surface area contributed by atoms with Gasteiger partial charge in [-0.3, -0.25) is 0 Å². The number of methoxy groups -OCH3 is 1. The molecule has 3 aromatic rings. The summed E-state index contributed by atoms with van der Waals surface area (Å²) in [5.74, 6) is 0.133. The van der Waals surface area contributed by atoms with Crippen molar-refractivity contribution in [3.05, 3.63) is 72.1 Å². The first-order valence-corrected chi connectivity index (χ1v) is 8.63. The first-order chi connectivity index (χ1) is 13.6. The number of aromatic nitrogens is 2. The number of carbonyl (C=O) groups excluding carboxylic acids is 1. The third kappa shape index (κ3) is 4.63. The van der Waals surface area contributed by atoms with Crippen LogP contribution in [0.3, 0.4) is 0 Å². The van der Waals surface area contributed by atoms with E-state index in [4.69, 9.17) is 9.47 Å². The van der Waals surface area contributed by atoms with Crippen LogP contribution in [0.4, 0.5) is 0 Å². The second-order valence-electron chi connectivity index (χ2n) is 6.01. The molecule has 0 fully saturated rings. The molecule has 2 aromatic carbocycles. The summed E-state index contributed by atoms with van der Waals surface area (Å²) in [5, 5.41) is 20.3. The summed E-state index contributed by atoms with van der Waals surface area (Å²) < 4.78 is 11.2. The average molecular weight is 379 g/mol. The molecule has 0 radical (unpaired) electrons. The minimum atomic E-state index is -1.60. The van der Waals surface area contributed by atoms with Gasteiger partial charge in [0.25, 0.3) is 0 Å². The SMILES string of the molecule is COc1ccccc1-c1nccc(COc2ccccc2C[C@@H](O)C(=O)[O-])n1. The van der Waals surface area contributed by atoms with Crippen molar-refractivity contribution < 1.29 is 24.5 Å². The topological polar surface area (TPSA) is 105 Å². The lowest BCUT2D eigenvalue weighted by Gasteiger charge is -2.15. The number of para-hydroxylation sites is 2. The second-order valence-corrected chi connectivity index (χ2v) is 6.01. The zero-order valence-corrected chi connectivity index (χ0v) is 15.2. The number of benzene rings is 2. The van der Waals surface area contributed by atoms with Gasteiger partial charge in [-0.2, -0.15) is 0 Å². The summed E-state index contributed by atoms with van der Waals surface area (Å²) in [5.41, 5.74) is 1.98. The van der Waals surface area contributed by atoms with Gasteiger partial charge in [-0.1, -0.05) is 30.3 Å². The molecule has 1 heterocycles. The lowest BCUT2D eigenvalue weighted by molar-refractivity contribution is -0.314. The zero-order chi connectivity index (χ0) is 19.9. The Kier molecular flexibility index (Phi) is 6.18. The molecule has 0 aliphatic rings. The summed E-state index contributed by atoms with van der Waals surface area (Å²) in [4.78, 5) is 19.6. The highest BCUT2D eigenvalue weighted by Gasteiger charge is 2.12. The Hall–Kier alpha value is -3.45. The summed E-state index contributed by atoms with van der Waals surface area (Å²) in [7, 11) is 1.59. The fourth-order valence-electron chi connectivity index (χ4n) is 2.69. The standard InChI is InChI=1S/C21H20N2O5/c1-27-19-9-5-3-7-16(19)20-22-11-10-15(23-20)13-28-18-8-4-2-6-14(18)12-17(24)21(25)26/h2-11,17,24H,12-13H2,1H3,(H,25,26)/p-1/t17-/m1/s1. The summed E-state index contributed by atoms with van der Waals surface area (Å²) in [6, 6.07) is 16.1. The molecule has 3 rings (SSSR count). The Morgan fingerprint density at radius 1 is 1.11 bits per heavy atom. The zero-order valence-electron chi connectivity index (χ0n) is 15.2. The Labute approximate surface area is 162 Å². The molecular weight excluding hydrogens is 360 g/mol. The van der Waals surface area contributed by atoms with Crippen LogP contribution < -0.4 is 14.6 Å². The number of carbonyl (C=O) groups is 1. The number of aliphatic hydroxyl groups is 1. The van der Waals surface area contributed by atoms with E-state index in [2.05, 4.69) is 9.97 Å². The largest absolute Gasteiger partial charge is 0.547 e. The van der Waals surface area contributed by atoms with Gasteiger partial charge >= 0.3 is 0 Å². The predicted molar refractivity (Wildman–Crippen MR) is 99.5 cm³/mol. The van der Waals surface area contributed by atoms with Crippen LogP contribution in [0.1, 0.15) is 11.3 Å². The number of nitrogens with zero attached hydrogens (tertiary/aromatic N) is 2. The van der Waals surface area contributed by atoms with E-state index in [0.717, 1.165) is 5.56 Å². The van der Waals surface area contributed by atoms with Crippen LogP contribution in [0.5, 0.6) is 11.5 Å². The third-order valence-corrected chi connectivity index (χ3v) is 4.09. The van der Waals surface area contributed by atoms with E-state index in [1.54, 1.807) is 43.6 Å². The maximum absolute atomic E-state index is 10.8. The van der Waals surface area contributed by atoms with Crippen LogP contribution in [-0.4, -0.2) is 34.3 Å². The van der Waals surface area contributed by atoms with Crippen LogP contribution in [0.25, 0.3) is 11.4 Å². The van der Waals surface area contributed by atoms with E-state index < -0.39 is 12.1 Å². The number of ether oxygens (including phenoxy) is 2. The quantitative estimate of drug-likeness (QED) is 0.630. The molecule has 0 spiro atoms. The molecule has 0 unspecified atom stereocenters. The Bertz CT molecular complexity index is 961. The van der Waals surface area contributed by atoms with Crippen molar-refractivity contribution >= 4 is 5.97 Å². The Balaban J connectivity index is 1.77. The number of aliphatic carboxylic acids is 1. The fraction of sp³-hybridized carbons (Fsp3) is 0.190. The maximum Gasteiger partial charge on any atom is 0.163 e. The summed E-state index contributed by atoms with van der Waals surface area (Å²) in [6.45, 7) is 0.156. The Morgan fingerprint density at radius 2 is 1.82 bits per heavy atom. The highest BCUT2D eigenvalue weighted by atomic mass is 16.5. The second kappa shape index (κ2) is 8.96. The molecule has 28 heavy (non-hydrogen) atoms. The third-order valence-electron chi connectivity index (χ3n) is 4.09. The molecule has 0 saturated heterocycles. The summed E-state index contributed by atoms with van der Waals surface area (Å²) in [6.07, 6.45) is -0.0607. The van der Waals surface area contributed by atoms with Crippen molar-refractivity contribution in [1.29, 1.82) is 0 Å². The van der Waals surface area contributed by atoms with Gasteiger partial charge in [0.05, 0.1) is 30.4 Å². The number of rotatable bonds is 8. The van der Waals surface area contributed by atoms with E-state index in [0.29, 0.717) is 28.6 Å². The van der Waals surface area contributed by atoms with Gasteiger partial charge in [0.1, 0.15) is 18.1 Å². The van der Waals surface area contributed by atoms with Gasteiger partial charge in [-0.05, 0) is 29.8 Å². The normalized spacial score (nSPS) is 11.6. The van der Waals surface area contributed by atoms with Crippen molar-refractivity contribution in [2.45, 2.75) is 19.1 Å². The maximum atomic E-state index is 10.8. The van der Waals surface area contributed by atoms with Gasteiger partial charge in [0.15, 0.2) is 5.82 Å². The highest BCUT2D eigenvalue weighted by Crippen LogP contribution is 2.27. The molecule has 1 atom stereocenters. The number of aliphatic hydroxyl groups excluding tert-OH is 1. The fourth-order valence-corrected chi connectivity index (χ4v) is 2.69. The van der Waals surface area contributed by atoms with Crippen molar-refractivity contribution in [3.63, 3.8) is 0 Å². The minimum absolute atomic E-state index is 0.102. The number of hydrogen-bond acceptors (Lipinski definition) is 7. The van der Waals surface area contributed by atoms with E-state index in [-0.39, 0.29) is 13.0 Å². The molecule has 7 heteroatoms. The molecule has 144 valence electrons. The molecule has 1 aromatic heterocycles. The van der Waals surface area contributed by atoms with Gasteiger partial charge in [-0.25, -0.2) is 9.97 Å². The minimum Gasteiger partial charge on any atom is -0.547 e. The van der Waals surface area contributed by atoms with E-state index in [1.165, 1.54) is 0 Å². The molecule has 0 bridgehead atoms. The van der Waals surface area contributed by atoms with Gasteiger partial charge < -0.3 is 24.5 Å². The number of carboxylic acids is 1. The van der Waals surface area contributed by atoms with Crippen molar-refractivity contribution in [2.24, 2.45) is 0 Å². The predicted octanol–water partition coefficient (Wildman–Crippen LogP) is 1.38. The molecule has 0 aliphatic heterocycles. The van der Waals surface area contributed by atoms with E-state index >= 15 is 0 Å². The highest BCUT2D eigenvalue weighted by molar-refractivity contribution is 5.70. The first kappa shape index (κ1) is 19.3.